The molecule has 21 heavy (non-hydrogen) atoms. The number of likely N-dealkylation sites (tertiary alicyclic amines) is 1. The van der Waals surface area contributed by atoms with E-state index in [4.69, 9.17) is 0 Å². The topological polar surface area (TPSA) is 52.6 Å². The van der Waals surface area contributed by atoms with Crippen LogP contribution < -0.4 is 10.6 Å². The third-order valence-corrected chi connectivity index (χ3v) is 4.08. The second-order valence-electron chi connectivity index (χ2n) is 6.02. The van der Waals surface area contributed by atoms with Crippen LogP contribution in [0.25, 0.3) is 0 Å². The van der Waals surface area contributed by atoms with Gasteiger partial charge in [0.25, 0.3) is 0 Å². The minimum Gasteiger partial charge on any atom is -0.352 e. The van der Waals surface area contributed by atoms with Gasteiger partial charge in [0.05, 0.1) is 12.2 Å². The summed E-state index contributed by atoms with van der Waals surface area (Å²) in [6, 6.07) is 6.99. The molecule has 0 radical (unpaired) electrons. The lowest BCUT2D eigenvalue weighted by atomic mass is 10.1. The normalized spacial score (nSPS) is 23.6. The van der Waals surface area contributed by atoms with Crippen LogP contribution in [-0.4, -0.2) is 48.1 Å². The highest BCUT2D eigenvalue weighted by Crippen LogP contribution is 2.18. The molecule has 0 bridgehead atoms. The van der Waals surface area contributed by atoms with E-state index in [1.807, 2.05) is 31.4 Å². The molecule has 5 nitrogen and oxygen atoms in total. The van der Waals surface area contributed by atoms with E-state index < -0.39 is 0 Å². The van der Waals surface area contributed by atoms with E-state index in [-0.39, 0.29) is 0 Å². The van der Waals surface area contributed by atoms with Crippen LogP contribution in [0.1, 0.15) is 26.5 Å². The third kappa shape index (κ3) is 4.43. The first-order chi connectivity index (χ1) is 10.1. The van der Waals surface area contributed by atoms with Crippen molar-refractivity contribution in [2.75, 3.05) is 20.1 Å². The van der Waals surface area contributed by atoms with E-state index in [1.54, 1.807) is 0 Å². The van der Waals surface area contributed by atoms with Gasteiger partial charge >= 0.3 is 0 Å². The molecule has 116 valence electrons. The van der Waals surface area contributed by atoms with Gasteiger partial charge in [-0.3, -0.25) is 14.9 Å². The molecule has 2 unspecified atom stereocenters. The summed E-state index contributed by atoms with van der Waals surface area (Å²) in [5, 5.41) is 6.88. The van der Waals surface area contributed by atoms with Crippen LogP contribution in [0.3, 0.4) is 0 Å². The number of aliphatic imine (C=N–C) groups is 1. The van der Waals surface area contributed by atoms with Crippen molar-refractivity contribution in [3.05, 3.63) is 30.1 Å². The number of hydrogen-bond acceptors (Lipinski definition) is 3. The van der Waals surface area contributed by atoms with Gasteiger partial charge in [0.2, 0.25) is 0 Å². The SMILES string of the molecule is CN=C(NCc1ccccn1)NC1CN(C(C)C)CC1C. The summed E-state index contributed by atoms with van der Waals surface area (Å²) in [5.74, 6) is 1.48. The standard InChI is InChI=1S/C16H27N5/c1-12(2)21-10-13(3)15(11-21)20-16(17-4)19-9-14-7-5-6-8-18-14/h5-8,12-13,15H,9-11H2,1-4H3,(H2,17,19,20). The summed E-state index contributed by atoms with van der Waals surface area (Å²) in [7, 11) is 1.81. The summed E-state index contributed by atoms with van der Waals surface area (Å²) >= 11 is 0. The van der Waals surface area contributed by atoms with Gasteiger partial charge in [-0.1, -0.05) is 13.0 Å². The predicted molar refractivity (Wildman–Crippen MR) is 87.2 cm³/mol. The molecule has 0 aliphatic carbocycles. The molecule has 0 spiro atoms. The number of aromatic nitrogens is 1. The second-order valence-corrected chi connectivity index (χ2v) is 6.02. The van der Waals surface area contributed by atoms with Crippen LogP contribution in [0, 0.1) is 5.92 Å². The Balaban J connectivity index is 1.85. The summed E-state index contributed by atoms with van der Waals surface area (Å²) in [4.78, 5) is 11.1. The first kappa shape index (κ1) is 15.8. The maximum absolute atomic E-state index is 4.32. The molecule has 1 aromatic heterocycles. The van der Waals surface area contributed by atoms with Crippen molar-refractivity contribution in [1.82, 2.24) is 20.5 Å². The molecule has 2 rings (SSSR count). The average Bonchev–Trinajstić information content (AvgIpc) is 2.86. The molecule has 1 fully saturated rings. The fourth-order valence-electron chi connectivity index (χ4n) is 2.66. The molecule has 1 saturated heterocycles. The van der Waals surface area contributed by atoms with E-state index in [2.05, 4.69) is 46.3 Å². The fraction of sp³-hybridized carbons (Fsp3) is 0.625. The Kier molecular flexibility index (Phi) is 5.56. The van der Waals surface area contributed by atoms with Crippen LogP contribution in [0.15, 0.2) is 29.4 Å². The molecule has 1 aliphatic heterocycles. The average molecular weight is 289 g/mol. The number of rotatable bonds is 4. The largest absolute Gasteiger partial charge is 0.352 e. The van der Waals surface area contributed by atoms with Crippen molar-refractivity contribution in [3.63, 3.8) is 0 Å². The van der Waals surface area contributed by atoms with Crippen molar-refractivity contribution in [1.29, 1.82) is 0 Å². The van der Waals surface area contributed by atoms with Crippen molar-refractivity contribution in [2.24, 2.45) is 10.9 Å². The third-order valence-electron chi connectivity index (χ3n) is 4.08. The molecule has 2 atom stereocenters. The summed E-state index contributed by atoms with van der Waals surface area (Å²) in [6.07, 6.45) is 1.81. The molecular weight excluding hydrogens is 262 g/mol. The first-order valence-corrected chi connectivity index (χ1v) is 7.71. The van der Waals surface area contributed by atoms with Crippen molar-refractivity contribution < 1.29 is 0 Å². The monoisotopic (exact) mass is 289 g/mol. The van der Waals surface area contributed by atoms with E-state index in [1.165, 1.54) is 0 Å². The maximum atomic E-state index is 4.32. The molecule has 0 aromatic carbocycles. The molecule has 1 aliphatic rings. The summed E-state index contributed by atoms with van der Waals surface area (Å²) < 4.78 is 0. The highest BCUT2D eigenvalue weighted by molar-refractivity contribution is 5.80. The molecule has 0 amide bonds. The van der Waals surface area contributed by atoms with Gasteiger partial charge < -0.3 is 10.6 Å². The molecule has 1 aromatic rings. The minimum absolute atomic E-state index is 0.447. The van der Waals surface area contributed by atoms with Crippen LogP contribution >= 0.6 is 0 Å². The number of nitrogens with zero attached hydrogens (tertiary/aromatic N) is 3. The van der Waals surface area contributed by atoms with Crippen molar-refractivity contribution in [3.8, 4) is 0 Å². The number of hydrogen-bond donors (Lipinski definition) is 2. The smallest absolute Gasteiger partial charge is 0.191 e. The minimum atomic E-state index is 0.447. The van der Waals surface area contributed by atoms with Gasteiger partial charge in [-0.15, -0.1) is 0 Å². The van der Waals surface area contributed by atoms with Crippen LogP contribution in [0.4, 0.5) is 0 Å². The van der Waals surface area contributed by atoms with Gasteiger partial charge in [0.1, 0.15) is 0 Å². The zero-order chi connectivity index (χ0) is 15.2. The molecular formula is C16H27N5. The number of guanidine groups is 1. The predicted octanol–water partition coefficient (Wildman–Crippen LogP) is 1.48. The van der Waals surface area contributed by atoms with Crippen molar-refractivity contribution >= 4 is 5.96 Å². The van der Waals surface area contributed by atoms with Crippen LogP contribution in [0.2, 0.25) is 0 Å². The summed E-state index contributed by atoms with van der Waals surface area (Å²) in [6.45, 7) is 9.71. The van der Waals surface area contributed by atoms with Gasteiger partial charge in [0.15, 0.2) is 5.96 Å². The highest BCUT2D eigenvalue weighted by Gasteiger charge is 2.31. The molecule has 5 heteroatoms. The van der Waals surface area contributed by atoms with Gasteiger partial charge in [-0.25, -0.2) is 0 Å². The Morgan fingerprint density at radius 1 is 1.43 bits per heavy atom. The van der Waals surface area contributed by atoms with Crippen LogP contribution in [0.5, 0.6) is 0 Å². The Morgan fingerprint density at radius 3 is 2.81 bits per heavy atom. The quantitative estimate of drug-likeness (QED) is 0.651. The lowest BCUT2D eigenvalue weighted by Crippen LogP contribution is -2.46. The zero-order valence-corrected chi connectivity index (χ0v) is 13.5. The van der Waals surface area contributed by atoms with Gasteiger partial charge in [0, 0.05) is 38.4 Å². The van der Waals surface area contributed by atoms with E-state index >= 15 is 0 Å². The molecule has 0 saturated carbocycles. The first-order valence-electron chi connectivity index (χ1n) is 7.71. The van der Waals surface area contributed by atoms with Crippen LogP contribution in [-0.2, 0) is 6.54 Å². The van der Waals surface area contributed by atoms with Gasteiger partial charge in [-0.2, -0.15) is 0 Å². The van der Waals surface area contributed by atoms with Gasteiger partial charge in [-0.05, 0) is 31.9 Å². The Bertz CT molecular complexity index is 457. The Labute approximate surface area is 127 Å². The fourth-order valence-corrected chi connectivity index (χ4v) is 2.66. The molecule has 2 N–H and O–H groups in total. The number of pyridine rings is 1. The summed E-state index contributed by atoms with van der Waals surface area (Å²) in [5.41, 5.74) is 1.02. The second kappa shape index (κ2) is 7.41. The van der Waals surface area contributed by atoms with Crippen molar-refractivity contribution in [2.45, 2.75) is 39.4 Å². The maximum Gasteiger partial charge on any atom is 0.191 e. The van der Waals surface area contributed by atoms with E-state index in [0.717, 1.165) is 24.7 Å². The lowest BCUT2D eigenvalue weighted by Gasteiger charge is -2.21. The Morgan fingerprint density at radius 2 is 2.24 bits per heavy atom. The van der Waals surface area contributed by atoms with E-state index in [0.29, 0.717) is 24.5 Å². The molecule has 2 heterocycles. The highest BCUT2D eigenvalue weighted by atomic mass is 15.3. The number of nitrogens with one attached hydrogen (secondary N) is 2. The zero-order valence-electron chi connectivity index (χ0n) is 13.5. The lowest BCUT2D eigenvalue weighted by molar-refractivity contribution is 0.265. The Hall–Kier alpha value is -1.62. The van der Waals surface area contributed by atoms with E-state index in [9.17, 15) is 0 Å².